The minimum Gasteiger partial charge on any atom is -0.497 e. The summed E-state index contributed by atoms with van der Waals surface area (Å²) in [6.45, 7) is 0.201. The van der Waals surface area contributed by atoms with Crippen molar-refractivity contribution in [3.8, 4) is 17.2 Å². The van der Waals surface area contributed by atoms with Crippen LogP contribution in [-0.2, 0) is 11.3 Å². The molecule has 4 rings (SSSR count). The summed E-state index contributed by atoms with van der Waals surface area (Å²) >= 11 is 6.50. The largest absolute Gasteiger partial charge is 0.497 e. The fourth-order valence-corrected chi connectivity index (χ4v) is 5.10. The Morgan fingerprint density at radius 2 is 1.72 bits per heavy atom. The van der Waals surface area contributed by atoms with Crippen molar-refractivity contribution >= 4 is 73.5 Å². The van der Waals surface area contributed by atoms with Gasteiger partial charge in [0.15, 0.2) is 11.5 Å². The lowest BCUT2D eigenvalue weighted by atomic mass is 10.1. The smallest absolute Gasteiger partial charge is 0.343 e. The van der Waals surface area contributed by atoms with Gasteiger partial charge >= 0.3 is 5.97 Å². The second kappa shape index (κ2) is 11.5. The quantitative estimate of drug-likeness (QED) is 0.122. The zero-order valence-corrected chi connectivity index (χ0v) is 23.7. The summed E-state index contributed by atoms with van der Waals surface area (Å²) in [5, 5.41) is -0.333. The van der Waals surface area contributed by atoms with Crippen LogP contribution in [-0.4, -0.2) is 36.2 Å². The Bertz CT molecular complexity index is 1360. The first kappa shape index (κ1) is 26.2. The second-order valence-electron chi connectivity index (χ2n) is 7.55. The van der Waals surface area contributed by atoms with E-state index in [0.717, 1.165) is 20.9 Å². The van der Waals surface area contributed by atoms with E-state index in [9.17, 15) is 14.4 Å². The van der Waals surface area contributed by atoms with Crippen molar-refractivity contribution in [3.63, 3.8) is 0 Å². The first-order chi connectivity index (χ1) is 17.3. The minimum atomic E-state index is -0.568. The molecule has 10 heteroatoms. The molecule has 3 aromatic carbocycles. The van der Waals surface area contributed by atoms with E-state index in [1.54, 1.807) is 49.6 Å². The number of carbonyl (C=O) groups excluding carboxylic acids is 3. The molecule has 0 unspecified atom stereocenters. The predicted octanol–water partition coefficient (Wildman–Crippen LogP) is 6.53. The van der Waals surface area contributed by atoms with E-state index in [2.05, 4.69) is 38.5 Å². The Hall–Kier alpha value is -2.83. The molecule has 1 saturated heterocycles. The molecule has 3 aromatic rings. The van der Waals surface area contributed by atoms with Crippen LogP contribution in [0.1, 0.15) is 21.5 Å². The molecule has 0 aromatic heterocycles. The monoisotopic (exact) mass is 679 g/mol. The van der Waals surface area contributed by atoms with E-state index in [1.165, 1.54) is 12.0 Å². The molecule has 184 valence electrons. The van der Waals surface area contributed by atoms with E-state index in [1.807, 2.05) is 24.3 Å². The number of hydrogen-bond acceptors (Lipinski definition) is 7. The third-order valence-electron chi connectivity index (χ3n) is 5.20. The summed E-state index contributed by atoms with van der Waals surface area (Å²) in [6.07, 6.45) is 1.61. The van der Waals surface area contributed by atoms with E-state index in [0.29, 0.717) is 26.3 Å². The molecule has 0 bridgehead atoms. The van der Waals surface area contributed by atoms with Gasteiger partial charge in [-0.05, 0) is 116 Å². The van der Waals surface area contributed by atoms with Crippen LogP contribution in [0.15, 0.2) is 70.0 Å². The molecule has 2 amide bonds. The first-order valence-corrected chi connectivity index (χ1v) is 13.2. The maximum Gasteiger partial charge on any atom is 0.343 e. The molecular formula is C26H19BrINO6S. The zero-order valence-electron chi connectivity index (χ0n) is 19.1. The highest BCUT2D eigenvalue weighted by Crippen LogP contribution is 2.39. The summed E-state index contributed by atoms with van der Waals surface area (Å²) < 4.78 is 17.6. The van der Waals surface area contributed by atoms with Gasteiger partial charge in [0.05, 0.1) is 35.7 Å². The Morgan fingerprint density at radius 3 is 2.36 bits per heavy atom. The molecule has 7 nitrogen and oxygen atoms in total. The van der Waals surface area contributed by atoms with Crippen LogP contribution in [0.4, 0.5) is 4.79 Å². The third kappa shape index (κ3) is 5.93. The number of rotatable bonds is 7. The first-order valence-electron chi connectivity index (χ1n) is 10.5. The highest BCUT2D eigenvalue weighted by Gasteiger charge is 2.35. The lowest BCUT2D eigenvalue weighted by Crippen LogP contribution is -2.27. The van der Waals surface area contributed by atoms with E-state index in [-0.39, 0.29) is 29.2 Å². The molecule has 1 fully saturated rings. The highest BCUT2D eigenvalue weighted by molar-refractivity contribution is 14.1. The molecule has 36 heavy (non-hydrogen) atoms. The number of carbonyl (C=O) groups is 3. The number of esters is 1. The van der Waals surface area contributed by atoms with Gasteiger partial charge < -0.3 is 14.2 Å². The number of imide groups is 1. The number of methoxy groups -OCH3 is 2. The van der Waals surface area contributed by atoms with Crippen LogP contribution in [0.3, 0.4) is 0 Å². The van der Waals surface area contributed by atoms with Crippen molar-refractivity contribution in [2.75, 3.05) is 14.2 Å². The molecule has 1 aliphatic heterocycles. The predicted molar refractivity (Wildman–Crippen MR) is 149 cm³/mol. The number of thioether (sulfide) groups is 1. The number of ether oxygens (including phenoxy) is 3. The molecule has 1 heterocycles. The van der Waals surface area contributed by atoms with Crippen molar-refractivity contribution in [1.29, 1.82) is 0 Å². The highest BCUT2D eigenvalue weighted by atomic mass is 127. The average Bonchev–Trinajstić information content (AvgIpc) is 3.13. The molecule has 0 saturated carbocycles. The normalized spacial score (nSPS) is 14.3. The molecule has 0 aliphatic carbocycles. The third-order valence-corrected chi connectivity index (χ3v) is 7.41. The second-order valence-corrected chi connectivity index (χ2v) is 10.6. The van der Waals surface area contributed by atoms with Gasteiger partial charge in [0.25, 0.3) is 11.1 Å². The lowest BCUT2D eigenvalue weighted by Gasteiger charge is -2.13. The maximum atomic E-state index is 12.9. The van der Waals surface area contributed by atoms with Gasteiger partial charge in [-0.1, -0.05) is 12.1 Å². The Morgan fingerprint density at radius 1 is 1.03 bits per heavy atom. The number of nitrogens with zero attached hydrogens (tertiary/aromatic N) is 1. The summed E-state index contributed by atoms with van der Waals surface area (Å²) in [5.74, 6) is 0.172. The average molecular weight is 680 g/mol. The van der Waals surface area contributed by atoms with Crippen LogP contribution in [0.2, 0.25) is 0 Å². The van der Waals surface area contributed by atoms with Crippen LogP contribution in [0.25, 0.3) is 6.08 Å². The number of hydrogen-bond donors (Lipinski definition) is 0. The van der Waals surface area contributed by atoms with E-state index < -0.39 is 5.97 Å². The topological polar surface area (TPSA) is 82.1 Å². The number of benzene rings is 3. The molecule has 0 radical (unpaired) electrons. The van der Waals surface area contributed by atoms with Crippen molar-refractivity contribution in [3.05, 3.63) is 90.3 Å². The minimum absolute atomic E-state index is 0.197. The van der Waals surface area contributed by atoms with Crippen molar-refractivity contribution in [1.82, 2.24) is 4.90 Å². The summed E-state index contributed by atoms with van der Waals surface area (Å²) in [5.41, 5.74) is 1.81. The molecule has 0 spiro atoms. The van der Waals surface area contributed by atoms with Gasteiger partial charge in [-0.2, -0.15) is 0 Å². The van der Waals surface area contributed by atoms with Crippen molar-refractivity contribution in [2.24, 2.45) is 0 Å². The standard InChI is InChI=1S/C26H19BrINO6S/c1-33-19-9-5-17(6-10-19)25(31)35-23-20(27)11-16(12-21(23)34-2)13-22-24(30)29(26(32)36-22)14-15-3-7-18(28)8-4-15/h3-13H,14H2,1-2H3/b22-13-. The summed E-state index contributed by atoms with van der Waals surface area (Å²) in [4.78, 5) is 39.6. The fraction of sp³-hybridized carbons (Fsp3) is 0.115. The van der Waals surface area contributed by atoms with E-state index in [4.69, 9.17) is 14.2 Å². The maximum absolute atomic E-state index is 12.9. The van der Waals surface area contributed by atoms with Gasteiger partial charge in [-0.25, -0.2) is 4.79 Å². The van der Waals surface area contributed by atoms with Gasteiger partial charge in [-0.3, -0.25) is 14.5 Å². The lowest BCUT2D eigenvalue weighted by molar-refractivity contribution is -0.123. The summed E-state index contributed by atoms with van der Waals surface area (Å²) in [6, 6.07) is 17.5. The number of halogens is 2. The SMILES string of the molecule is COc1ccc(C(=O)Oc2c(Br)cc(/C=C3\SC(=O)N(Cc4ccc(I)cc4)C3=O)cc2OC)cc1. The van der Waals surface area contributed by atoms with Crippen LogP contribution in [0.5, 0.6) is 17.2 Å². The van der Waals surface area contributed by atoms with Gasteiger partial charge in [0, 0.05) is 3.57 Å². The van der Waals surface area contributed by atoms with Crippen LogP contribution in [0, 0.1) is 3.57 Å². The van der Waals surface area contributed by atoms with Crippen molar-refractivity contribution < 1.29 is 28.6 Å². The Kier molecular flexibility index (Phi) is 8.37. The molecule has 1 aliphatic rings. The Balaban J connectivity index is 1.54. The number of amides is 2. The molecular weight excluding hydrogens is 661 g/mol. The van der Waals surface area contributed by atoms with Gasteiger partial charge in [-0.15, -0.1) is 0 Å². The molecule has 0 atom stereocenters. The Labute approximate surface area is 234 Å². The van der Waals surface area contributed by atoms with E-state index >= 15 is 0 Å². The van der Waals surface area contributed by atoms with Crippen LogP contribution < -0.4 is 14.2 Å². The van der Waals surface area contributed by atoms with Gasteiger partial charge in [0.2, 0.25) is 0 Å². The van der Waals surface area contributed by atoms with Crippen molar-refractivity contribution in [2.45, 2.75) is 6.54 Å². The summed E-state index contributed by atoms with van der Waals surface area (Å²) in [7, 11) is 2.99. The van der Waals surface area contributed by atoms with Crippen LogP contribution >= 0.6 is 50.3 Å². The molecule has 0 N–H and O–H groups in total. The van der Waals surface area contributed by atoms with Gasteiger partial charge in [0.1, 0.15) is 5.75 Å². The fourth-order valence-electron chi connectivity index (χ4n) is 3.36. The zero-order chi connectivity index (χ0) is 25.8.